The molecule has 0 aromatic carbocycles. The van der Waals surface area contributed by atoms with Crippen LogP contribution in [-0.4, -0.2) is 43.0 Å². The van der Waals surface area contributed by atoms with Crippen LogP contribution in [0.15, 0.2) is 0 Å². The number of carbonyl (C=O) groups excluding carboxylic acids is 1. The zero-order chi connectivity index (χ0) is 13.7. The zero-order valence-corrected chi connectivity index (χ0v) is 12.8. The zero-order valence-electron chi connectivity index (χ0n) is 12.8. The van der Waals surface area contributed by atoms with E-state index in [1.807, 2.05) is 0 Å². The van der Waals surface area contributed by atoms with Crippen molar-refractivity contribution in [2.45, 2.75) is 64.8 Å². The SMILES string of the molecule is CC[C@H](C)[NH+]1CCN(C(=O)CCC2CCCC2)CC1. The van der Waals surface area contributed by atoms with E-state index in [9.17, 15) is 4.79 Å². The van der Waals surface area contributed by atoms with Gasteiger partial charge in [0.05, 0.1) is 32.2 Å². The van der Waals surface area contributed by atoms with Gasteiger partial charge in [0.2, 0.25) is 5.91 Å². The Morgan fingerprint density at radius 2 is 1.89 bits per heavy atom. The van der Waals surface area contributed by atoms with Gasteiger partial charge in [0, 0.05) is 6.42 Å². The number of nitrogens with one attached hydrogen (secondary N) is 1. The van der Waals surface area contributed by atoms with Gasteiger partial charge in [0.1, 0.15) is 0 Å². The second kappa shape index (κ2) is 7.28. The summed E-state index contributed by atoms with van der Waals surface area (Å²) in [6.07, 6.45) is 8.66. The molecule has 1 saturated carbocycles. The molecule has 0 aromatic rings. The molecule has 2 aliphatic rings. The summed E-state index contributed by atoms with van der Waals surface area (Å²) >= 11 is 0. The molecule has 1 atom stereocenters. The first-order chi connectivity index (χ1) is 9.20. The van der Waals surface area contributed by atoms with E-state index in [4.69, 9.17) is 0 Å². The summed E-state index contributed by atoms with van der Waals surface area (Å²) in [6.45, 7) is 8.82. The van der Waals surface area contributed by atoms with E-state index < -0.39 is 0 Å². The highest BCUT2D eigenvalue weighted by Crippen LogP contribution is 2.28. The average Bonchev–Trinajstić information content (AvgIpc) is 2.97. The molecular weight excluding hydrogens is 236 g/mol. The Morgan fingerprint density at radius 3 is 2.47 bits per heavy atom. The van der Waals surface area contributed by atoms with Crippen molar-refractivity contribution in [1.29, 1.82) is 0 Å². The van der Waals surface area contributed by atoms with Crippen LogP contribution >= 0.6 is 0 Å². The third-order valence-corrected chi connectivity index (χ3v) is 5.31. The molecule has 2 rings (SSSR count). The molecular formula is C16H31N2O+. The molecule has 19 heavy (non-hydrogen) atoms. The van der Waals surface area contributed by atoms with Crippen LogP contribution in [0.2, 0.25) is 0 Å². The number of piperazine rings is 1. The number of rotatable bonds is 5. The number of carbonyl (C=O) groups is 1. The first kappa shape index (κ1) is 14.8. The lowest BCUT2D eigenvalue weighted by Gasteiger charge is -2.35. The maximum Gasteiger partial charge on any atom is 0.222 e. The van der Waals surface area contributed by atoms with E-state index in [0.29, 0.717) is 5.91 Å². The third kappa shape index (κ3) is 4.20. The summed E-state index contributed by atoms with van der Waals surface area (Å²) in [6, 6.07) is 0.746. The minimum atomic E-state index is 0.412. The topological polar surface area (TPSA) is 24.8 Å². The minimum absolute atomic E-state index is 0.412. The fraction of sp³-hybridized carbons (Fsp3) is 0.938. The average molecular weight is 267 g/mol. The van der Waals surface area contributed by atoms with E-state index in [0.717, 1.165) is 51.0 Å². The number of amides is 1. The number of nitrogens with zero attached hydrogens (tertiary/aromatic N) is 1. The first-order valence-electron chi connectivity index (χ1n) is 8.33. The molecule has 0 spiro atoms. The highest BCUT2D eigenvalue weighted by Gasteiger charge is 2.26. The maximum absolute atomic E-state index is 12.2. The van der Waals surface area contributed by atoms with E-state index in [1.165, 1.54) is 32.1 Å². The molecule has 1 heterocycles. The van der Waals surface area contributed by atoms with Crippen molar-refractivity contribution in [3.8, 4) is 0 Å². The number of hydrogen-bond acceptors (Lipinski definition) is 1. The molecule has 0 aromatic heterocycles. The molecule has 0 unspecified atom stereocenters. The second-order valence-corrected chi connectivity index (χ2v) is 6.54. The predicted octanol–water partition coefficient (Wildman–Crippen LogP) is 1.48. The van der Waals surface area contributed by atoms with E-state index in [1.54, 1.807) is 4.90 Å². The molecule has 1 N–H and O–H groups in total. The van der Waals surface area contributed by atoms with Crippen molar-refractivity contribution in [3.05, 3.63) is 0 Å². The molecule has 1 amide bonds. The fourth-order valence-electron chi connectivity index (χ4n) is 3.61. The van der Waals surface area contributed by atoms with Crippen molar-refractivity contribution >= 4 is 5.91 Å². The third-order valence-electron chi connectivity index (χ3n) is 5.31. The second-order valence-electron chi connectivity index (χ2n) is 6.54. The van der Waals surface area contributed by atoms with E-state index in [-0.39, 0.29) is 0 Å². The molecule has 1 aliphatic carbocycles. The van der Waals surface area contributed by atoms with Gasteiger partial charge in [-0.15, -0.1) is 0 Å². The van der Waals surface area contributed by atoms with Crippen LogP contribution in [0, 0.1) is 5.92 Å². The summed E-state index contributed by atoms with van der Waals surface area (Å²) in [7, 11) is 0. The Morgan fingerprint density at radius 1 is 1.26 bits per heavy atom. The molecule has 3 nitrogen and oxygen atoms in total. The summed E-state index contributed by atoms with van der Waals surface area (Å²) in [5.41, 5.74) is 0. The van der Waals surface area contributed by atoms with Crippen molar-refractivity contribution in [2.24, 2.45) is 5.92 Å². The summed E-state index contributed by atoms with van der Waals surface area (Å²) in [4.78, 5) is 16.0. The van der Waals surface area contributed by atoms with E-state index >= 15 is 0 Å². The number of quaternary nitrogens is 1. The summed E-state index contributed by atoms with van der Waals surface area (Å²) in [5.74, 6) is 1.26. The molecule has 1 aliphatic heterocycles. The normalized spacial score (nSPS) is 23.8. The highest BCUT2D eigenvalue weighted by atomic mass is 16.2. The molecule has 0 bridgehead atoms. The van der Waals surface area contributed by atoms with Crippen LogP contribution < -0.4 is 4.90 Å². The van der Waals surface area contributed by atoms with Gasteiger partial charge >= 0.3 is 0 Å². The largest absolute Gasteiger partial charge is 0.331 e. The van der Waals surface area contributed by atoms with Crippen LogP contribution in [0.5, 0.6) is 0 Å². The van der Waals surface area contributed by atoms with Crippen molar-refractivity contribution in [3.63, 3.8) is 0 Å². The summed E-state index contributed by atoms with van der Waals surface area (Å²) < 4.78 is 0. The predicted molar refractivity (Wildman–Crippen MR) is 78.2 cm³/mol. The molecule has 1 saturated heterocycles. The highest BCUT2D eigenvalue weighted by molar-refractivity contribution is 5.76. The van der Waals surface area contributed by atoms with Gasteiger partial charge in [-0.25, -0.2) is 0 Å². The first-order valence-corrected chi connectivity index (χ1v) is 8.33. The maximum atomic E-state index is 12.2. The van der Waals surface area contributed by atoms with Gasteiger partial charge in [0.15, 0.2) is 0 Å². The van der Waals surface area contributed by atoms with Gasteiger partial charge < -0.3 is 9.80 Å². The Hall–Kier alpha value is -0.570. The van der Waals surface area contributed by atoms with Crippen molar-refractivity contribution in [2.75, 3.05) is 26.2 Å². The van der Waals surface area contributed by atoms with Crippen LogP contribution in [0.25, 0.3) is 0 Å². The summed E-state index contributed by atoms with van der Waals surface area (Å²) in [5, 5.41) is 0. The molecule has 3 heteroatoms. The van der Waals surface area contributed by atoms with Crippen LogP contribution in [0.1, 0.15) is 58.8 Å². The lowest BCUT2D eigenvalue weighted by atomic mass is 10.0. The van der Waals surface area contributed by atoms with Gasteiger partial charge in [0.25, 0.3) is 0 Å². The van der Waals surface area contributed by atoms with Gasteiger partial charge in [-0.05, 0) is 25.7 Å². The number of hydrogen-bond donors (Lipinski definition) is 1. The Kier molecular flexibility index (Phi) is 5.68. The van der Waals surface area contributed by atoms with Gasteiger partial charge in [-0.1, -0.05) is 32.6 Å². The molecule has 0 radical (unpaired) electrons. The van der Waals surface area contributed by atoms with Crippen LogP contribution in [0.3, 0.4) is 0 Å². The van der Waals surface area contributed by atoms with Crippen LogP contribution in [-0.2, 0) is 4.79 Å². The lowest BCUT2D eigenvalue weighted by molar-refractivity contribution is -0.927. The standard InChI is InChI=1S/C16H30N2O/c1-3-14(2)17-10-12-18(13-11-17)16(19)9-8-15-6-4-5-7-15/h14-15H,3-13H2,1-2H3/p+1/t14-/m0/s1. The molecule has 2 fully saturated rings. The van der Waals surface area contributed by atoms with Crippen molar-refractivity contribution < 1.29 is 9.69 Å². The lowest BCUT2D eigenvalue weighted by Crippen LogP contribution is -3.17. The Balaban J connectivity index is 1.67. The Labute approximate surface area is 118 Å². The monoisotopic (exact) mass is 267 g/mol. The van der Waals surface area contributed by atoms with Crippen molar-refractivity contribution in [1.82, 2.24) is 4.90 Å². The smallest absolute Gasteiger partial charge is 0.222 e. The van der Waals surface area contributed by atoms with E-state index in [2.05, 4.69) is 18.7 Å². The quantitative estimate of drug-likeness (QED) is 0.802. The minimum Gasteiger partial charge on any atom is -0.331 e. The van der Waals surface area contributed by atoms with Gasteiger partial charge in [-0.3, -0.25) is 4.79 Å². The van der Waals surface area contributed by atoms with Crippen LogP contribution in [0.4, 0.5) is 0 Å². The van der Waals surface area contributed by atoms with Gasteiger partial charge in [-0.2, -0.15) is 0 Å². The fourth-order valence-corrected chi connectivity index (χ4v) is 3.61. The Bertz CT molecular complexity index is 278. The molecule has 110 valence electrons.